The molecule has 0 amide bonds. The Bertz CT molecular complexity index is 94.4. The molecule has 0 spiro atoms. The number of rotatable bonds is 9. The van der Waals surface area contributed by atoms with Crippen LogP contribution in [-0.2, 0) is 18.9 Å². The summed E-state index contributed by atoms with van der Waals surface area (Å²) in [7, 11) is 0. The third kappa shape index (κ3) is 5.42. The van der Waals surface area contributed by atoms with Crippen molar-refractivity contribution in [3.63, 3.8) is 0 Å². The lowest BCUT2D eigenvalue weighted by atomic mass is 10.6. The molecule has 0 atom stereocenters. The van der Waals surface area contributed by atoms with E-state index in [1.54, 1.807) is 0 Å². The fraction of sp³-hybridized carbons (Fsp3) is 1.00. The predicted molar refractivity (Wildman–Crippen MR) is 40.3 cm³/mol. The van der Waals surface area contributed by atoms with Gasteiger partial charge in [-0.2, -0.15) is 0 Å². The molecule has 0 aliphatic carbocycles. The number of aliphatic hydroxyl groups is 4. The summed E-state index contributed by atoms with van der Waals surface area (Å²) in [6, 6.07) is 0. The van der Waals surface area contributed by atoms with E-state index in [9.17, 15) is 0 Å². The van der Waals surface area contributed by atoms with E-state index in [1.807, 2.05) is 0 Å². The maximum Gasteiger partial charge on any atom is 0.213 e. The second kappa shape index (κ2) is 9.24. The minimum Gasteiger partial charge on any atom is -0.371 e. The summed E-state index contributed by atoms with van der Waals surface area (Å²) in [6.07, 6.45) is -2.49. The zero-order valence-electron chi connectivity index (χ0n) is 7.40. The van der Waals surface area contributed by atoms with Crippen LogP contribution in [0, 0.1) is 0 Å². The maximum absolute atomic E-state index is 8.43. The molecule has 0 bridgehead atoms. The molecule has 8 nitrogen and oxygen atoms in total. The summed E-state index contributed by atoms with van der Waals surface area (Å²) < 4.78 is 18.2. The van der Waals surface area contributed by atoms with Crippen LogP contribution in [-0.4, -0.2) is 60.2 Å². The molecule has 0 fully saturated rings. The van der Waals surface area contributed by atoms with E-state index in [0.717, 1.165) is 0 Å². The van der Waals surface area contributed by atoms with Crippen molar-refractivity contribution in [3.05, 3.63) is 0 Å². The fourth-order valence-electron chi connectivity index (χ4n) is 0.704. The Morgan fingerprint density at radius 1 is 0.571 bits per heavy atom. The van der Waals surface area contributed by atoms with Gasteiger partial charge in [-0.15, -0.1) is 0 Å². The Morgan fingerprint density at radius 2 is 0.786 bits per heavy atom. The third-order valence-corrected chi connectivity index (χ3v) is 1.18. The largest absolute Gasteiger partial charge is 0.371 e. The van der Waals surface area contributed by atoms with Crippen molar-refractivity contribution in [1.82, 2.24) is 0 Å². The molecule has 0 rings (SSSR count). The zero-order valence-corrected chi connectivity index (χ0v) is 7.40. The van der Waals surface area contributed by atoms with Gasteiger partial charge in [0.25, 0.3) is 0 Å². The molecule has 0 aromatic rings. The highest BCUT2D eigenvalue weighted by Crippen LogP contribution is 2.07. The van der Waals surface area contributed by atoms with E-state index in [2.05, 4.69) is 18.9 Å². The van der Waals surface area contributed by atoms with Crippen LogP contribution in [0.15, 0.2) is 0 Å². The maximum atomic E-state index is 8.43. The highest BCUT2D eigenvalue weighted by Gasteiger charge is 2.24. The van der Waals surface area contributed by atoms with E-state index >= 15 is 0 Å². The summed E-state index contributed by atoms with van der Waals surface area (Å²) in [5.41, 5.74) is 0. The van der Waals surface area contributed by atoms with Crippen LogP contribution in [0.2, 0.25) is 0 Å². The van der Waals surface area contributed by atoms with Crippen molar-refractivity contribution in [3.8, 4) is 0 Å². The summed E-state index contributed by atoms with van der Waals surface area (Å²) in [6.45, 7) is -2.76. The minimum absolute atomic E-state index is 0.690. The lowest BCUT2D eigenvalue weighted by Crippen LogP contribution is -2.37. The van der Waals surface area contributed by atoms with Crippen LogP contribution < -0.4 is 0 Å². The molecule has 0 radical (unpaired) electrons. The van der Waals surface area contributed by atoms with Gasteiger partial charge < -0.3 is 39.4 Å². The van der Waals surface area contributed by atoms with Gasteiger partial charge in [-0.05, 0) is 0 Å². The first-order chi connectivity index (χ1) is 6.79. The summed E-state index contributed by atoms with van der Waals surface area (Å²) in [5, 5.41) is 33.7. The molecule has 0 aliphatic heterocycles. The van der Waals surface area contributed by atoms with Gasteiger partial charge in [0.2, 0.25) is 12.6 Å². The fourth-order valence-corrected chi connectivity index (χ4v) is 0.704. The van der Waals surface area contributed by atoms with Crippen molar-refractivity contribution in [2.24, 2.45) is 0 Å². The lowest BCUT2D eigenvalue weighted by Gasteiger charge is -2.24. The molecule has 0 heterocycles. The summed E-state index contributed by atoms with van der Waals surface area (Å²) in [5.74, 6) is 0. The second-order valence-corrected chi connectivity index (χ2v) is 1.92. The van der Waals surface area contributed by atoms with Crippen LogP contribution in [0.25, 0.3) is 0 Å². The van der Waals surface area contributed by atoms with E-state index in [4.69, 9.17) is 20.4 Å². The van der Waals surface area contributed by atoms with Gasteiger partial charge in [0.15, 0.2) is 0 Å². The molecule has 14 heavy (non-hydrogen) atoms. The molecular formula is C6H14O8. The number of hydrogen-bond donors (Lipinski definition) is 4. The molecular weight excluding hydrogens is 200 g/mol. The van der Waals surface area contributed by atoms with E-state index in [1.165, 1.54) is 0 Å². The molecule has 0 saturated carbocycles. The molecule has 4 N–H and O–H groups in total. The first-order valence-corrected chi connectivity index (χ1v) is 3.70. The van der Waals surface area contributed by atoms with Crippen LogP contribution in [0.1, 0.15) is 0 Å². The van der Waals surface area contributed by atoms with Crippen molar-refractivity contribution in [2.75, 3.05) is 27.2 Å². The van der Waals surface area contributed by atoms with Crippen molar-refractivity contribution >= 4 is 0 Å². The highest BCUT2D eigenvalue weighted by atomic mass is 16.8. The lowest BCUT2D eigenvalue weighted by molar-refractivity contribution is -0.333. The van der Waals surface area contributed by atoms with Gasteiger partial charge in [-0.1, -0.05) is 0 Å². The Labute approximate surface area is 80.2 Å². The smallest absolute Gasteiger partial charge is 0.213 e. The average molecular weight is 214 g/mol. The third-order valence-electron chi connectivity index (χ3n) is 1.18. The number of hydrogen-bond acceptors (Lipinski definition) is 8. The average Bonchev–Trinajstić information content (AvgIpc) is 2.17. The first kappa shape index (κ1) is 13.7. The van der Waals surface area contributed by atoms with Crippen molar-refractivity contribution in [1.29, 1.82) is 0 Å². The highest BCUT2D eigenvalue weighted by molar-refractivity contribution is 4.48. The van der Waals surface area contributed by atoms with E-state index in [0.29, 0.717) is 0 Å². The first-order valence-electron chi connectivity index (χ1n) is 3.70. The van der Waals surface area contributed by atoms with E-state index < -0.39 is 39.8 Å². The van der Waals surface area contributed by atoms with Gasteiger partial charge in [0.05, 0.1) is 0 Å². The van der Waals surface area contributed by atoms with Crippen molar-refractivity contribution < 1.29 is 39.4 Å². The van der Waals surface area contributed by atoms with Crippen molar-refractivity contribution in [2.45, 2.75) is 12.6 Å². The monoisotopic (exact) mass is 214 g/mol. The number of ether oxygens (including phenoxy) is 4. The van der Waals surface area contributed by atoms with Gasteiger partial charge in [0, 0.05) is 0 Å². The zero-order chi connectivity index (χ0) is 10.8. The molecule has 0 saturated heterocycles. The SMILES string of the molecule is OCOC(OCO)C(OCO)OCO. The molecule has 0 unspecified atom stereocenters. The van der Waals surface area contributed by atoms with Crippen LogP contribution in [0.4, 0.5) is 0 Å². The topological polar surface area (TPSA) is 118 Å². The normalized spacial score (nSPS) is 11.6. The number of aliphatic hydroxyl groups excluding tert-OH is 4. The van der Waals surface area contributed by atoms with Gasteiger partial charge in [-0.25, -0.2) is 0 Å². The van der Waals surface area contributed by atoms with Crippen LogP contribution >= 0.6 is 0 Å². The minimum atomic E-state index is -1.25. The van der Waals surface area contributed by atoms with Crippen LogP contribution in [0.3, 0.4) is 0 Å². The Morgan fingerprint density at radius 3 is 0.929 bits per heavy atom. The van der Waals surface area contributed by atoms with Crippen LogP contribution in [0.5, 0.6) is 0 Å². The molecule has 0 aliphatic rings. The van der Waals surface area contributed by atoms with Gasteiger partial charge >= 0.3 is 0 Å². The Hall–Kier alpha value is -0.320. The predicted octanol–water partition coefficient (Wildman–Crippen LogP) is -2.50. The molecule has 8 heteroatoms. The standard InChI is InChI=1S/C6H14O8/c7-1-11-5(12-2-8)6(13-3-9)14-4-10/h5-10H,1-4H2. The molecule has 0 aromatic carbocycles. The van der Waals surface area contributed by atoms with E-state index in [-0.39, 0.29) is 0 Å². The van der Waals surface area contributed by atoms with Gasteiger partial charge in [-0.3, -0.25) is 0 Å². The summed E-state index contributed by atoms with van der Waals surface area (Å²) in [4.78, 5) is 0. The second-order valence-electron chi connectivity index (χ2n) is 1.92. The molecule has 86 valence electrons. The summed E-state index contributed by atoms with van der Waals surface area (Å²) >= 11 is 0. The molecule has 0 aromatic heterocycles. The van der Waals surface area contributed by atoms with Gasteiger partial charge in [0.1, 0.15) is 27.2 Å². The Kier molecular flexibility index (Phi) is 9.03. The Balaban J connectivity index is 4.06. The quantitative estimate of drug-likeness (QED) is 0.311.